The van der Waals surface area contributed by atoms with E-state index in [9.17, 15) is 13.2 Å². The summed E-state index contributed by atoms with van der Waals surface area (Å²) in [6, 6.07) is 12.0. The second-order valence-corrected chi connectivity index (χ2v) is 7.76. The average Bonchev–Trinajstić information content (AvgIpc) is 3.08. The molecular weight excluding hydrogens is 384 g/mol. The van der Waals surface area contributed by atoms with Gasteiger partial charge in [0, 0.05) is 5.02 Å². The van der Waals surface area contributed by atoms with Crippen LogP contribution in [0.15, 0.2) is 58.9 Å². The van der Waals surface area contributed by atoms with Crippen molar-refractivity contribution in [2.24, 2.45) is 0 Å². The van der Waals surface area contributed by atoms with Crippen molar-refractivity contribution >= 4 is 49.7 Å². The van der Waals surface area contributed by atoms with Crippen molar-refractivity contribution in [3.63, 3.8) is 0 Å². The second-order valence-electron chi connectivity index (χ2n) is 4.80. The minimum absolute atomic E-state index is 0.0382. The molecule has 0 atom stereocenters. The molecule has 0 spiro atoms. The van der Waals surface area contributed by atoms with Gasteiger partial charge in [0.25, 0.3) is 15.9 Å². The van der Waals surface area contributed by atoms with Gasteiger partial charge in [0.1, 0.15) is 5.51 Å². The molecule has 1 aromatic heterocycles. The van der Waals surface area contributed by atoms with Crippen LogP contribution in [0.5, 0.6) is 0 Å². The Morgan fingerprint density at radius 1 is 1.08 bits per heavy atom. The highest BCUT2D eigenvalue weighted by molar-refractivity contribution is 7.92. The minimum Gasteiger partial charge on any atom is -0.296 e. The fourth-order valence-electron chi connectivity index (χ4n) is 1.98. The number of aromatic nitrogens is 2. The van der Waals surface area contributed by atoms with E-state index < -0.39 is 15.9 Å². The predicted molar refractivity (Wildman–Crippen MR) is 96.6 cm³/mol. The van der Waals surface area contributed by atoms with Crippen LogP contribution in [0.3, 0.4) is 0 Å². The van der Waals surface area contributed by atoms with Gasteiger partial charge in [-0.1, -0.05) is 35.1 Å². The lowest BCUT2D eigenvalue weighted by Crippen LogP contribution is -2.18. The molecule has 3 rings (SSSR count). The van der Waals surface area contributed by atoms with Crippen LogP contribution in [0.2, 0.25) is 5.02 Å². The SMILES string of the molecule is O=C(Nc1nncs1)c1ccccc1NS(=O)(=O)c1ccc(Cl)cc1. The smallest absolute Gasteiger partial charge is 0.261 e. The highest BCUT2D eigenvalue weighted by Gasteiger charge is 2.19. The summed E-state index contributed by atoms with van der Waals surface area (Å²) < 4.78 is 27.4. The van der Waals surface area contributed by atoms with Crippen molar-refractivity contribution in [1.29, 1.82) is 0 Å². The van der Waals surface area contributed by atoms with Gasteiger partial charge in [-0.3, -0.25) is 14.8 Å². The summed E-state index contributed by atoms with van der Waals surface area (Å²) in [7, 11) is -3.86. The first-order valence-electron chi connectivity index (χ1n) is 6.91. The Hall–Kier alpha value is -2.49. The first-order chi connectivity index (χ1) is 12.0. The number of rotatable bonds is 5. The topological polar surface area (TPSA) is 101 Å². The standard InChI is InChI=1S/C15H11ClN4O3S2/c16-10-5-7-11(8-6-10)25(22,23)20-13-4-2-1-3-12(13)14(21)18-15-19-17-9-24-15/h1-9,20H,(H,18,19,21). The molecule has 0 unspecified atom stereocenters. The molecule has 0 aliphatic heterocycles. The van der Waals surface area contributed by atoms with Gasteiger partial charge in [0.05, 0.1) is 16.1 Å². The number of nitrogens with one attached hydrogen (secondary N) is 2. The van der Waals surface area contributed by atoms with Crippen molar-refractivity contribution < 1.29 is 13.2 Å². The molecule has 25 heavy (non-hydrogen) atoms. The zero-order valence-electron chi connectivity index (χ0n) is 12.5. The predicted octanol–water partition coefficient (Wildman–Crippen LogP) is 3.24. The maximum atomic E-state index is 12.5. The zero-order chi connectivity index (χ0) is 17.9. The molecule has 128 valence electrons. The Morgan fingerprint density at radius 3 is 2.48 bits per heavy atom. The van der Waals surface area contributed by atoms with Gasteiger partial charge < -0.3 is 0 Å². The van der Waals surface area contributed by atoms with Gasteiger partial charge in [-0.25, -0.2) is 8.42 Å². The van der Waals surface area contributed by atoms with Gasteiger partial charge in [-0.2, -0.15) is 0 Å². The lowest BCUT2D eigenvalue weighted by Gasteiger charge is -2.12. The Kier molecular flexibility index (Phi) is 4.98. The number of hydrogen-bond donors (Lipinski definition) is 2. The fraction of sp³-hybridized carbons (Fsp3) is 0. The van der Waals surface area contributed by atoms with E-state index in [4.69, 9.17) is 11.6 Å². The van der Waals surface area contributed by atoms with Gasteiger partial charge in [-0.05, 0) is 36.4 Å². The molecule has 7 nitrogen and oxygen atoms in total. The number of halogens is 1. The normalized spacial score (nSPS) is 11.1. The summed E-state index contributed by atoms with van der Waals surface area (Å²) >= 11 is 6.94. The molecule has 0 radical (unpaired) electrons. The van der Waals surface area contributed by atoms with Gasteiger partial charge in [0.15, 0.2) is 0 Å². The van der Waals surface area contributed by atoms with E-state index in [0.717, 1.165) is 11.3 Å². The Labute approximate surface area is 152 Å². The molecular formula is C15H11ClN4O3S2. The number of para-hydroxylation sites is 1. The highest BCUT2D eigenvalue weighted by atomic mass is 35.5. The van der Waals surface area contributed by atoms with Crippen LogP contribution in [0.4, 0.5) is 10.8 Å². The highest BCUT2D eigenvalue weighted by Crippen LogP contribution is 2.22. The van der Waals surface area contributed by atoms with Crippen LogP contribution in [0.25, 0.3) is 0 Å². The molecule has 0 fully saturated rings. The van der Waals surface area contributed by atoms with Crippen LogP contribution in [-0.2, 0) is 10.0 Å². The van der Waals surface area contributed by atoms with Gasteiger partial charge >= 0.3 is 0 Å². The summed E-state index contributed by atoms with van der Waals surface area (Å²) in [4.78, 5) is 12.4. The van der Waals surface area contributed by atoms with Crippen LogP contribution in [0.1, 0.15) is 10.4 Å². The van der Waals surface area contributed by atoms with E-state index >= 15 is 0 Å². The number of nitrogens with zero attached hydrogens (tertiary/aromatic N) is 2. The summed E-state index contributed by atoms with van der Waals surface area (Å²) in [5, 5.41) is 10.7. The summed E-state index contributed by atoms with van der Waals surface area (Å²) in [5.41, 5.74) is 1.79. The lowest BCUT2D eigenvalue weighted by atomic mass is 10.2. The Bertz CT molecular complexity index is 990. The number of amides is 1. The van der Waals surface area contributed by atoms with E-state index in [-0.39, 0.29) is 16.1 Å². The molecule has 0 bridgehead atoms. The second kappa shape index (κ2) is 7.18. The van der Waals surface area contributed by atoms with Crippen LogP contribution in [0, 0.1) is 0 Å². The molecule has 0 aliphatic rings. The van der Waals surface area contributed by atoms with Crippen LogP contribution in [-0.4, -0.2) is 24.5 Å². The van der Waals surface area contributed by atoms with Crippen LogP contribution >= 0.6 is 22.9 Å². The monoisotopic (exact) mass is 394 g/mol. The Balaban J connectivity index is 1.88. The third kappa shape index (κ3) is 4.13. The van der Waals surface area contributed by atoms with E-state index in [2.05, 4.69) is 20.2 Å². The van der Waals surface area contributed by atoms with Crippen molar-refractivity contribution in [3.05, 3.63) is 64.6 Å². The number of carbonyl (C=O) groups is 1. The van der Waals surface area contributed by atoms with E-state index in [1.165, 1.54) is 41.9 Å². The molecule has 2 aromatic carbocycles. The summed E-state index contributed by atoms with van der Waals surface area (Å²) in [6.07, 6.45) is 0. The van der Waals surface area contributed by atoms with E-state index in [1.54, 1.807) is 12.1 Å². The number of hydrogen-bond acceptors (Lipinski definition) is 6. The van der Waals surface area contributed by atoms with Crippen molar-refractivity contribution in [2.75, 3.05) is 10.0 Å². The molecule has 0 aliphatic carbocycles. The molecule has 1 amide bonds. The quantitative estimate of drug-likeness (QED) is 0.691. The van der Waals surface area contributed by atoms with E-state index in [1.807, 2.05) is 0 Å². The third-order valence-electron chi connectivity index (χ3n) is 3.12. The molecule has 1 heterocycles. The first-order valence-corrected chi connectivity index (χ1v) is 9.65. The maximum absolute atomic E-state index is 12.5. The first kappa shape index (κ1) is 17.3. The summed E-state index contributed by atoms with van der Waals surface area (Å²) in [6.45, 7) is 0. The largest absolute Gasteiger partial charge is 0.296 e. The average molecular weight is 395 g/mol. The molecule has 0 saturated carbocycles. The molecule has 2 N–H and O–H groups in total. The fourth-order valence-corrected chi connectivity index (χ4v) is 3.63. The third-order valence-corrected chi connectivity index (χ3v) is 5.36. The van der Waals surface area contributed by atoms with Crippen molar-refractivity contribution in [1.82, 2.24) is 10.2 Å². The minimum atomic E-state index is -3.86. The number of carbonyl (C=O) groups excluding carboxylic acids is 1. The van der Waals surface area contributed by atoms with Gasteiger partial charge in [-0.15, -0.1) is 10.2 Å². The Morgan fingerprint density at radius 2 is 1.80 bits per heavy atom. The zero-order valence-corrected chi connectivity index (χ0v) is 14.9. The number of benzene rings is 2. The lowest BCUT2D eigenvalue weighted by molar-refractivity contribution is 0.102. The molecule has 0 saturated heterocycles. The van der Waals surface area contributed by atoms with Crippen molar-refractivity contribution in [2.45, 2.75) is 4.90 Å². The van der Waals surface area contributed by atoms with Crippen LogP contribution < -0.4 is 10.0 Å². The van der Waals surface area contributed by atoms with Crippen molar-refractivity contribution in [3.8, 4) is 0 Å². The summed E-state index contributed by atoms with van der Waals surface area (Å²) in [5.74, 6) is -0.494. The maximum Gasteiger partial charge on any atom is 0.261 e. The number of anilines is 2. The van der Waals surface area contributed by atoms with Gasteiger partial charge in [0.2, 0.25) is 5.13 Å². The number of sulfonamides is 1. The molecule has 10 heteroatoms. The van der Waals surface area contributed by atoms with E-state index in [0.29, 0.717) is 10.2 Å². The molecule has 3 aromatic rings.